The monoisotopic (exact) mass is 361 g/mol. The third kappa shape index (κ3) is 3.14. The molecular weight excluding hydrogens is 346 g/mol. The lowest BCUT2D eigenvalue weighted by Crippen LogP contribution is -2.26. The first-order valence-corrected chi connectivity index (χ1v) is 8.98. The van der Waals surface area contributed by atoms with Gasteiger partial charge in [-0.2, -0.15) is 0 Å². The van der Waals surface area contributed by atoms with E-state index in [4.69, 9.17) is 0 Å². The molecule has 4 aromatic rings. The van der Waals surface area contributed by atoms with Crippen LogP contribution in [0, 0.1) is 0 Å². The Morgan fingerprint density at radius 2 is 1.85 bits per heavy atom. The van der Waals surface area contributed by atoms with E-state index >= 15 is 0 Å². The lowest BCUT2D eigenvalue weighted by molar-refractivity contribution is 0.102. The van der Waals surface area contributed by atoms with E-state index in [2.05, 4.69) is 10.3 Å². The second-order valence-corrected chi connectivity index (χ2v) is 6.68. The fourth-order valence-corrected chi connectivity index (χ4v) is 3.46. The Bertz CT molecular complexity index is 1130. The summed E-state index contributed by atoms with van der Waals surface area (Å²) >= 11 is 1.35. The van der Waals surface area contributed by atoms with Crippen molar-refractivity contribution in [2.45, 2.75) is 6.42 Å². The number of carbonyl (C=O) groups excluding carboxylic acids is 1. The first-order valence-electron chi connectivity index (χ1n) is 8.10. The molecule has 0 aliphatic rings. The number of rotatable bonds is 4. The number of carbonyl (C=O) groups is 1. The van der Waals surface area contributed by atoms with Crippen LogP contribution in [0.3, 0.4) is 0 Å². The van der Waals surface area contributed by atoms with Crippen LogP contribution in [0.5, 0.6) is 0 Å². The molecule has 5 nitrogen and oxygen atoms in total. The highest BCUT2D eigenvalue weighted by atomic mass is 32.1. The van der Waals surface area contributed by atoms with Gasteiger partial charge in [-0.25, -0.2) is 4.98 Å². The topological polar surface area (TPSA) is 63.5 Å². The van der Waals surface area contributed by atoms with E-state index in [9.17, 15) is 9.59 Å². The Labute approximate surface area is 153 Å². The molecule has 0 bridgehead atoms. The van der Waals surface area contributed by atoms with Crippen LogP contribution >= 0.6 is 11.3 Å². The molecule has 0 aliphatic carbocycles. The Morgan fingerprint density at radius 3 is 2.69 bits per heavy atom. The van der Waals surface area contributed by atoms with Crippen LogP contribution in [0.25, 0.3) is 4.96 Å². The summed E-state index contributed by atoms with van der Waals surface area (Å²) in [6.45, 7) is 0. The van der Waals surface area contributed by atoms with Crippen molar-refractivity contribution in [3.05, 3.63) is 99.4 Å². The minimum Gasteiger partial charge on any atom is -0.322 e. The summed E-state index contributed by atoms with van der Waals surface area (Å²) in [4.78, 5) is 29.9. The zero-order valence-electron chi connectivity index (χ0n) is 13.8. The van der Waals surface area contributed by atoms with Crippen LogP contribution in [0.15, 0.2) is 77.2 Å². The lowest BCUT2D eigenvalue weighted by Gasteiger charge is -2.11. The Kier molecular flexibility index (Phi) is 4.33. The predicted molar refractivity (Wildman–Crippen MR) is 103 cm³/mol. The van der Waals surface area contributed by atoms with Crippen molar-refractivity contribution in [2.24, 2.45) is 0 Å². The van der Waals surface area contributed by atoms with Gasteiger partial charge in [0.25, 0.3) is 11.5 Å². The summed E-state index contributed by atoms with van der Waals surface area (Å²) < 4.78 is 1.38. The maximum atomic E-state index is 12.6. The number of amides is 1. The average molecular weight is 361 g/mol. The van der Waals surface area contributed by atoms with Gasteiger partial charge in [-0.1, -0.05) is 48.5 Å². The van der Waals surface area contributed by atoms with Crippen molar-refractivity contribution in [1.29, 1.82) is 0 Å². The molecule has 26 heavy (non-hydrogen) atoms. The van der Waals surface area contributed by atoms with Gasteiger partial charge in [0.15, 0.2) is 4.96 Å². The minimum atomic E-state index is -0.455. The zero-order chi connectivity index (χ0) is 17.9. The van der Waals surface area contributed by atoms with E-state index in [0.29, 0.717) is 17.1 Å². The van der Waals surface area contributed by atoms with Crippen LogP contribution in [-0.2, 0) is 6.42 Å². The molecule has 0 atom stereocenters. The molecule has 0 saturated carbocycles. The van der Waals surface area contributed by atoms with Gasteiger partial charge in [0.05, 0.1) is 0 Å². The lowest BCUT2D eigenvalue weighted by atomic mass is 10.0. The number of benzene rings is 2. The largest absolute Gasteiger partial charge is 0.322 e. The number of nitrogens with zero attached hydrogens (tertiary/aromatic N) is 2. The van der Waals surface area contributed by atoms with Crippen LogP contribution in [0.2, 0.25) is 0 Å². The quantitative estimate of drug-likeness (QED) is 0.604. The van der Waals surface area contributed by atoms with Crippen LogP contribution < -0.4 is 10.9 Å². The highest BCUT2D eigenvalue weighted by Crippen LogP contribution is 2.19. The van der Waals surface area contributed by atoms with Crippen molar-refractivity contribution in [2.75, 3.05) is 5.32 Å². The molecule has 1 amide bonds. The normalized spacial score (nSPS) is 10.8. The fourth-order valence-electron chi connectivity index (χ4n) is 2.78. The third-order valence-electron chi connectivity index (χ3n) is 4.09. The molecule has 0 unspecified atom stereocenters. The van der Waals surface area contributed by atoms with Crippen LogP contribution in [0.1, 0.15) is 21.5 Å². The Balaban J connectivity index is 1.63. The number of hydrogen-bond donors (Lipinski definition) is 1. The number of thiazole rings is 1. The number of aromatic nitrogens is 2. The Hall–Kier alpha value is -3.25. The summed E-state index contributed by atoms with van der Waals surface area (Å²) in [5, 5.41) is 4.62. The molecule has 4 rings (SSSR count). The van der Waals surface area contributed by atoms with E-state index in [-0.39, 0.29) is 11.1 Å². The second-order valence-electron chi connectivity index (χ2n) is 5.81. The molecule has 2 heterocycles. The highest BCUT2D eigenvalue weighted by molar-refractivity contribution is 7.15. The van der Waals surface area contributed by atoms with Gasteiger partial charge >= 0.3 is 0 Å². The van der Waals surface area contributed by atoms with Gasteiger partial charge in [-0.05, 0) is 23.6 Å². The second kappa shape index (κ2) is 6.93. The number of nitrogens with one attached hydrogen (secondary N) is 1. The summed E-state index contributed by atoms with van der Waals surface area (Å²) in [7, 11) is 0. The van der Waals surface area contributed by atoms with Crippen LogP contribution in [-0.4, -0.2) is 15.3 Å². The van der Waals surface area contributed by atoms with Gasteiger partial charge in [0, 0.05) is 23.5 Å². The zero-order valence-corrected chi connectivity index (χ0v) is 14.6. The van der Waals surface area contributed by atoms with Gasteiger partial charge in [-0.3, -0.25) is 14.0 Å². The highest BCUT2D eigenvalue weighted by Gasteiger charge is 2.15. The molecule has 2 aromatic carbocycles. The van der Waals surface area contributed by atoms with Crippen molar-refractivity contribution in [1.82, 2.24) is 9.38 Å². The molecule has 2 aromatic heterocycles. The molecule has 0 saturated heterocycles. The van der Waals surface area contributed by atoms with E-state index in [0.717, 1.165) is 11.1 Å². The van der Waals surface area contributed by atoms with E-state index in [1.54, 1.807) is 11.6 Å². The molecule has 128 valence electrons. The molecule has 0 spiro atoms. The van der Waals surface area contributed by atoms with E-state index in [1.807, 2.05) is 54.6 Å². The van der Waals surface area contributed by atoms with Crippen molar-refractivity contribution in [3.63, 3.8) is 0 Å². The number of anilines is 1. The molecule has 0 fully saturated rings. The predicted octanol–water partition coefficient (Wildman–Crippen LogP) is 3.60. The van der Waals surface area contributed by atoms with Crippen LogP contribution in [0.4, 0.5) is 5.69 Å². The number of hydrogen-bond acceptors (Lipinski definition) is 4. The third-order valence-corrected chi connectivity index (χ3v) is 4.86. The number of para-hydroxylation sites is 1. The van der Waals surface area contributed by atoms with Crippen molar-refractivity contribution in [3.8, 4) is 0 Å². The van der Waals surface area contributed by atoms with Gasteiger partial charge in [0.2, 0.25) is 0 Å². The van der Waals surface area contributed by atoms with E-state index < -0.39 is 5.91 Å². The number of fused-ring (bicyclic) bond motifs is 1. The first-order chi connectivity index (χ1) is 12.7. The summed E-state index contributed by atoms with van der Waals surface area (Å²) in [5.74, 6) is -0.455. The smallest absolute Gasteiger partial charge is 0.271 e. The van der Waals surface area contributed by atoms with Crippen molar-refractivity contribution < 1.29 is 4.79 Å². The average Bonchev–Trinajstić information content (AvgIpc) is 3.14. The van der Waals surface area contributed by atoms with Gasteiger partial charge < -0.3 is 5.32 Å². The van der Waals surface area contributed by atoms with Crippen molar-refractivity contribution >= 4 is 27.9 Å². The molecule has 0 radical (unpaired) electrons. The Morgan fingerprint density at radius 1 is 1.08 bits per heavy atom. The standard InChI is InChI=1S/C20H15N3O2S/c24-18(16-13-21-20-23(19(16)25)10-11-26-20)22-17-9-5-4-8-15(17)12-14-6-2-1-3-7-14/h1-11,13H,12H2,(H,22,24). The molecule has 1 N–H and O–H groups in total. The fraction of sp³-hybridized carbons (Fsp3) is 0.0500. The summed E-state index contributed by atoms with van der Waals surface area (Å²) in [6.07, 6.45) is 3.65. The maximum absolute atomic E-state index is 12.6. The van der Waals surface area contributed by atoms with E-state index in [1.165, 1.54) is 21.9 Å². The van der Waals surface area contributed by atoms with Gasteiger partial charge in [0.1, 0.15) is 5.56 Å². The minimum absolute atomic E-state index is 0.0235. The molecule has 6 heteroatoms. The maximum Gasteiger partial charge on any atom is 0.271 e. The van der Waals surface area contributed by atoms with Gasteiger partial charge in [-0.15, -0.1) is 11.3 Å². The summed E-state index contributed by atoms with van der Waals surface area (Å²) in [6, 6.07) is 17.6. The SMILES string of the molecule is O=C(Nc1ccccc1Cc1ccccc1)c1cnc2sccn2c1=O. The molecule has 0 aliphatic heterocycles. The molecular formula is C20H15N3O2S. The first kappa shape index (κ1) is 16.2. The summed E-state index contributed by atoms with van der Waals surface area (Å²) in [5.41, 5.74) is 2.48.